The lowest BCUT2D eigenvalue weighted by molar-refractivity contribution is -0.137. The maximum Gasteiger partial charge on any atom is 0.416 e. The number of hydrogen-bond donors (Lipinski definition) is 0. The van der Waals surface area contributed by atoms with E-state index in [4.69, 9.17) is 9.44 Å². The average molecular weight is 356 g/mol. The Morgan fingerprint density at radius 3 is 2.29 bits per heavy atom. The molecular formula is C15H11F3N2O3S. The van der Waals surface area contributed by atoms with E-state index in [2.05, 4.69) is 0 Å². The molecule has 2 aromatic carbocycles. The molecule has 0 aliphatic rings. The van der Waals surface area contributed by atoms with Crippen LogP contribution in [0.15, 0.2) is 48.5 Å². The van der Waals surface area contributed by atoms with Gasteiger partial charge >= 0.3 is 16.5 Å². The molecule has 0 aliphatic carbocycles. The van der Waals surface area contributed by atoms with E-state index in [0.29, 0.717) is 17.8 Å². The molecule has 0 N–H and O–H groups in total. The molecule has 0 saturated carbocycles. The quantitative estimate of drug-likeness (QED) is 0.842. The molecule has 0 saturated heterocycles. The zero-order chi connectivity index (χ0) is 18.0. The summed E-state index contributed by atoms with van der Waals surface area (Å²) in [5.74, 6) is -0.478. The second-order valence-corrected chi connectivity index (χ2v) is 6.23. The number of halogens is 3. The summed E-state index contributed by atoms with van der Waals surface area (Å²) in [6.45, 7) is 0. The Morgan fingerprint density at radius 2 is 1.75 bits per heavy atom. The van der Waals surface area contributed by atoms with E-state index in [1.165, 1.54) is 25.2 Å². The number of nitriles is 1. The molecule has 2 aromatic rings. The smallest absolute Gasteiger partial charge is 0.365 e. The van der Waals surface area contributed by atoms with Crippen molar-refractivity contribution < 1.29 is 25.8 Å². The Labute approximate surface area is 136 Å². The largest absolute Gasteiger partial charge is 0.416 e. The number of hydrogen-bond acceptors (Lipinski definition) is 4. The topological polar surface area (TPSA) is 70.4 Å². The second-order valence-electron chi connectivity index (χ2n) is 4.66. The lowest BCUT2D eigenvalue weighted by atomic mass is 10.1. The van der Waals surface area contributed by atoms with Crippen LogP contribution in [0.4, 0.5) is 18.9 Å². The summed E-state index contributed by atoms with van der Waals surface area (Å²) in [6.07, 6.45) is -4.65. The zero-order valence-corrected chi connectivity index (χ0v) is 13.1. The predicted octanol–water partition coefficient (Wildman–Crippen LogP) is 3.34. The fourth-order valence-electron chi connectivity index (χ4n) is 1.80. The van der Waals surface area contributed by atoms with Crippen molar-refractivity contribution in [1.29, 1.82) is 5.26 Å². The van der Waals surface area contributed by atoms with Crippen molar-refractivity contribution in [1.82, 2.24) is 0 Å². The van der Waals surface area contributed by atoms with Gasteiger partial charge in [-0.2, -0.15) is 26.9 Å². The highest BCUT2D eigenvalue weighted by molar-refractivity contribution is 7.88. The summed E-state index contributed by atoms with van der Waals surface area (Å²) in [6, 6.07) is 11.4. The Morgan fingerprint density at radius 1 is 1.12 bits per heavy atom. The molecule has 0 atom stereocenters. The third kappa shape index (κ3) is 3.78. The van der Waals surface area contributed by atoms with Gasteiger partial charge in [0.15, 0.2) is 5.75 Å². The summed E-state index contributed by atoms with van der Waals surface area (Å²) in [5.41, 5.74) is -1.31. The number of rotatable bonds is 4. The second kappa shape index (κ2) is 6.41. The van der Waals surface area contributed by atoms with Gasteiger partial charge in [0.05, 0.1) is 16.8 Å². The highest BCUT2D eigenvalue weighted by atomic mass is 32.2. The molecule has 0 aromatic heterocycles. The first-order valence-electron chi connectivity index (χ1n) is 6.50. The molecule has 0 spiro atoms. The maximum absolute atomic E-state index is 12.6. The van der Waals surface area contributed by atoms with Gasteiger partial charge in [0, 0.05) is 7.05 Å². The van der Waals surface area contributed by atoms with Gasteiger partial charge in [-0.1, -0.05) is 18.2 Å². The maximum atomic E-state index is 12.6. The number of alkyl halides is 3. The van der Waals surface area contributed by atoms with Crippen molar-refractivity contribution in [2.24, 2.45) is 0 Å². The Balaban J connectivity index is 2.35. The summed E-state index contributed by atoms with van der Waals surface area (Å²) in [5, 5.41) is 8.96. The van der Waals surface area contributed by atoms with E-state index in [-0.39, 0.29) is 0 Å². The molecule has 0 amide bonds. The van der Waals surface area contributed by atoms with Gasteiger partial charge in [-0.3, -0.25) is 0 Å². The normalized spacial score (nSPS) is 11.6. The zero-order valence-electron chi connectivity index (χ0n) is 12.3. The van der Waals surface area contributed by atoms with Gasteiger partial charge in [-0.15, -0.1) is 0 Å². The average Bonchev–Trinajstić information content (AvgIpc) is 2.54. The molecule has 2 rings (SSSR count). The first-order chi connectivity index (χ1) is 11.1. The molecule has 9 heteroatoms. The van der Waals surface area contributed by atoms with Crippen LogP contribution in [0.5, 0.6) is 5.75 Å². The minimum absolute atomic E-state index is 0.294. The standard InChI is InChI=1S/C15H11F3N2O3S/c1-20(13-5-3-2-4-6-13)24(21,22)23-14-8-7-12(15(16,17)18)9-11(14)10-19/h2-9H,1H3. The number of benzene rings is 2. The molecule has 0 aliphatic heterocycles. The lowest BCUT2D eigenvalue weighted by Gasteiger charge is -2.19. The van der Waals surface area contributed by atoms with E-state index in [0.717, 1.165) is 10.4 Å². The first kappa shape index (κ1) is 17.6. The van der Waals surface area contributed by atoms with Crippen molar-refractivity contribution in [2.45, 2.75) is 6.18 Å². The van der Waals surface area contributed by atoms with Crippen LogP contribution in [0.2, 0.25) is 0 Å². The Hall–Kier alpha value is -2.73. The van der Waals surface area contributed by atoms with Crippen LogP contribution in [0, 0.1) is 11.3 Å². The van der Waals surface area contributed by atoms with E-state index in [1.807, 2.05) is 0 Å². The molecule has 0 radical (unpaired) electrons. The van der Waals surface area contributed by atoms with Gasteiger partial charge in [-0.25, -0.2) is 4.31 Å². The van der Waals surface area contributed by atoms with E-state index in [1.54, 1.807) is 18.2 Å². The van der Waals surface area contributed by atoms with Crippen molar-refractivity contribution in [3.05, 3.63) is 59.7 Å². The molecular weight excluding hydrogens is 345 g/mol. The fourth-order valence-corrected chi connectivity index (χ4v) is 2.67. The Kier molecular flexibility index (Phi) is 4.71. The number of para-hydroxylation sites is 1. The molecule has 0 heterocycles. The molecule has 0 bridgehead atoms. The summed E-state index contributed by atoms with van der Waals surface area (Å²) >= 11 is 0. The van der Waals surface area contributed by atoms with Crippen molar-refractivity contribution in [3.63, 3.8) is 0 Å². The SMILES string of the molecule is CN(c1ccccc1)S(=O)(=O)Oc1ccc(C(F)(F)F)cc1C#N. The van der Waals surface area contributed by atoms with Crippen LogP contribution in [-0.2, 0) is 16.5 Å². The van der Waals surface area contributed by atoms with E-state index >= 15 is 0 Å². The van der Waals surface area contributed by atoms with Crippen molar-refractivity contribution in [3.8, 4) is 11.8 Å². The predicted molar refractivity (Wildman–Crippen MR) is 80.6 cm³/mol. The third-order valence-corrected chi connectivity index (χ3v) is 4.35. The van der Waals surface area contributed by atoms with Crippen molar-refractivity contribution >= 4 is 16.0 Å². The molecule has 5 nitrogen and oxygen atoms in total. The van der Waals surface area contributed by atoms with E-state index in [9.17, 15) is 21.6 Å². The van der Waals surface area contributed by atoms with Crippen LogP contribution in [0.1, 0.15) is 11.1 Å². The minimum Gasteiger partial charge on any atom is -0.365 e. The summed E-state index contributed by atoms with van der Waals surface area (Å²) < 4.78 is 68.0. The van der Waals surface area contributed by atoms with Crippen LogP contribution in [0.25, 0.3) is 0 Å². The number of nitrogens with zero attached hydrogens (tertiary/aromatic N) is 2. The summed E-state index contributed by atoms with van der Waals surface area (Å²) in [7, 11) is -3.12. The highest BCUT2D eigenvalue weighted by Gasteiger charge is 2.32. The highest BCUT2D eigenvalue weighted by Crippen LogP contribution is 2.33. The Bertz CT molecular complexity index is 875. The molecule has 24 heavy (non-hydrogen) atoms. The van der Waals surface area contributed by atoms with Gasteiger partial charge < -0.3 is 4.18 Å². The molecule has 0 fully saturated rings. The van der Waals surface area contributed by atoms with Gasteiger partial charge in [-0.05, 0) is 30.3 Å². The van der Waals surface area contributed by atoms with Crippen LogP contribution >= 0.6 is 0 Å². The third-order valence-electron chi connectivity index (χ3n) is 3.08. The van der Waals surface area contributed by atoms with Crippen LogP contribution in [0.3, 0.4) is 0 Å². The van der Waals surface area contributed by atoms with Gasteiger partial charge in [0.25, 0.3) is 0 Å². The van der Waals surface area contributed by atoms with Gasteiger partial charge in [0.1, 0.15) is 6.07 Å². The summed E-state index contributed by atoms with van der Waals surface area (Å²) in [4.78, 5) is 0. The van der Waals surface area contributed by atoms with Crippen molar-refractivity contribution in [2.75, 3.05) is 11.4 Å². The van der Waals surface area contributed by atoms with Gasteiger partial charge in [0.2, 0.25) is 0 Å². The number of anilines is 1. The van der Waals surface area contributed by atoms with Crippen LogP contribution in [-0.4, -0.2) is 15.5 Å². The fraction of sp³-hybridized carbons (Fsp3) is 0.133. The first-order valence-corrected chi connectivity index (χ1v) is 7.86. The lowest BCUT2D eigenvalue weighted by Crippen LogP contribution is -2.31. The molecule has 126 valence electrons. The van der Waals surface area contributed by atoms with Crippen LogP contribution < -0.4 is 8.49 Å². The monoisotopic (exact) mass is 356 g/mol. The molecule has 0 unspecified atom stereocenters. The minimum atomic E-state index is -4.65. The van der Waals surface area contributed by atoms with E-state index < -0.39 is 33.4 Å².